The maximum atomic E-state index is 9.39. The van der Waals surface area contributed by atoms with Crippen LogP contribution < -0.4 is 9.80 Å². The number of benzene rings is 1. The zero-order chi connectivity index (χ0) is 19.8. The Morgan fingerprint density at radius 2 is 1.79 bits per heavy atom. The van der Waals surface area contributed by atoms with Gasteiger partial charge in [0.1, 0.15) is 5.82 Å². The Hall–Kier alpha value is -2.44. The van der Waals surface area contributed by atoms with Gasteiger partial charge in [0.25, 0.3) is 0 Å². The summed E-state index contributed by atoms with van der Waals surface area (Å²) in [6.07, 6.45) is 5.58. The van der Waals surface area contributed by atoms with E-state index in [1.165, 1.54) is 0 Å². The topological polar surface area (TPSA) is 65.4 Å². The van der Waals surface area contributed by atoms with Gasteiger partial charge in [0.05, 0.1) is 11.2 Å². The third-order valence-corrected chi connectivity index (χ3v) is 6.46. The van der Waals surface area contributed by atoms with Crippen molar-refractivity contribution in [1.82, 2.24) is 15.0 Å². The number of aromatic nitrogens is 3. The number of piperidine rings is 1. The van der Waals surface area contributed by atoms with Gasteiger partial charge in [-0.05, 0) is 43.0 Å². The molecule has 6 nitrogen and oxygen atoms in total. The van der Waals surface area contributed by atoms with Crippen LogP contribution in [-0.4, -0.2) is 52.8 Å². The van der Waals surface area contributed by atoms with Gasteiger partial charge in [-0.3, -0.25) is 4.98 Å². The van der Waals surface area contributed by atoms with E-state index in [4.69, 9.17) is 16.6 Å². The first-order chi connectivity index (χ1) is 14.2. The molecule has 4 heterocycles. The highest BCUT2D eigenvalue weighted by Gasteiger charge is 2.34. The third kappa shape index (κ3) is 3.51. The summed E-state index contributed by atoms with van der Waals surface area (Å²) >= 11 is 6.26. The number of aliphatic hydroxyl groups is 1. The largest absolute Gasteiger partial charge is 0.396 e. The zero-order valence-corrected chi connectivity index (χ0v) is 17.0. The molecular formula is C22H24ClN5O. The fourth-order valence-corrected chi connectivity index (χ4v) is 4.55. The van der Waals surface area contributed by atoms with Crippen LogP contribution in [0.5, 0.6) is 0 Å². The van der Waals surface area contributed by atoms with E-state index in [1.54, 1.807) is 12.4 Å². The summed E-state index contributed by atoms with van der Waals surface area (Å²) in [4.78, 5) is 18.7. The van der Waals surface area contributed by atoms with Gasteiger partial charge in [-0.25, -0.2) is 9.97 Å². The van der Waals surface area contributed by atoms with Gasteiger partial charge >= 0.3 is 0 Å². The first kappa shape index (κ1) is 18.6. The minimum Gasteiger partial charge on any atom is -0.396 e. The Balaban J connectivity index is 1.31. The van der Waals surface area contributed by atoms with E-state index in [-0.39, 0.29) is 6.61 Å². The second-order valence-corrected chi connectivity index (χ2v) is 8.36. The maximum Gasteiger partial charge on any atom is 0.150 e. The van der Waals surface area contributed by atoms with Crippen molar-refractivity contribution in [2.75, 3.05) is 42.6 Å². The predicted molar refractivity (Wildman–Crippen MR) is 116 cm³/mol. The predicted octanol–water partition coefficient (Wildman–Crippen LogP) is 3.49. The van der Waals surface area contributed by atoms with E-state index in [2.05, 4.69) is 19.8 Å². The van der Waals surface area contributed by atoms with E-state index in [1.807, 2.05) is 30.3 Å². The van der Waals surface area contributed by atoms with Crippen LogP contribution in [0.25, 0.3) is 10.9 Å². The van der Waals surface area contributed by atoms with Crippen LogP contribution in [0.2, 0.25) is 5.02 Å². The summed E-state index contributed by atoms with van der Waals surface area (Å²) in [6, 6.07) is 9.92. The van der Waals surface area contributed by atoms with Crippen molar-refractivity contribution in [3.05, 3.63) is 53.4 Å². The minimum atomic E-state index is 0.280. The molecule has 2 saturated heterocycles. The lowest BCUT2D eigenvalue weighted by Crippen LogP contribution is -2.47. The summed E-state index contributed by atoms with van der Waals surface area (Å²) in [5.74, 6) is 2.75. The Bertz CT molecular complexity index is 1020. The van der Waals surface area contributed by atoms with E-state index in [0.717, 1.165) is 72.3 Å². The van der Waals surface area contributed by atoms with Crippen LogP contribution in [-0.2, 0) is 0 Å². The number of halogens is 1. The molecule has 2 aromatic heterocycles. The highest BCUT2D eigenvalue weighted by Crippen LogP contribution is 2.35. The molecule has 0 aliphatic carbocycles. The van der Waals surface area contributed by atoms with E-state index >= 15 is 0 Å². The Kier molecular flexibility index (Phi) is 4.97. The monoisotopic (exact) mass is 409 g/mol. The molecule has 2 aliphatic heterocycles. The van der Waals surface area contributed by atoms with Gasteiger partial charge in [0, 0.05) is 61.5 Å². The van der Waals surface area contributed by atoms with Crippen molar-refractivity contribution in [3.8, 4) is 0 Å². The lowest BCUT2D eigenvalue weighted by molar-refractivity contribution is 0.202. The van der Waals surface area contributed by atoms with Gasteiger partial charge in [0.2, 0.25) is 0 Å². The van der Waals surface area contributed by atoms with Crippen LogP contribution in [0.4, 0.5) is 11.6 Å². The third-order valence-electron chi connectivity index (χ3n) is 6.13. The Morgan fingerprint density at radius 3 is 2.59 bits per heavy atom. The molecule has 1 aromatic carbocycles. The average molecular weight is 410 g/mol. The SMILES string of the molecule is OCC1CCN(c2nccnc2C2CN(c3ccc4c(Cl)cccc4n3)C2)CC1. The van der Waals surface area contributed by atoms with E-state index in [9.17, 15) is 5.11 Å². The van der Waals surface area contributed by atoms with Crippen molar-refractivity contribution in [2.24, 2.45) is 5.92 Å². The first-order valence-electron chi connectivity index (χ1n) is 10.2. The molecule has 0 amide bonds. The fraction of sp³-hybridized carbons (Fsp3) is 0.409. The lowest BCUT2D eigenvalue weighted by Gasteiger charge is -2.41. The van der Waals surface area contributed by atoms with Gasteiger partial charge in [-0.2, -0.15) is 0 Å². The molecule has 2 fully saturated rings. The second kappa shape index (κ2) is 7.76. The molecule has 2 aliphatic rings. The van der Waals surface area contributed by atoms with Crippen molar-refractivity contribution in [2.45, 2.75) is 18.8 Å². The molecule has 150 valence electrons. The van der Waals surface area contributed by atoms with Crippen LogP contribution in [0.15, 0.2) is 42.7 Å². The molecule has 29 heavy (non-hydrogen) atoms. The van der Waals surface area contributed by atoms with Crippen LogP contribution >= 0.6 is 11.6 Å². The molecule has 0 unspecified atom stereocenters. The number of aliphatic hydroxyl groups excluding tert-OH is 1. The summed E-state index contributed by atoms with van der Waals surface area (Å²) in [5.41, 5.74) is 2.00. The molecule has 3 aromatic rings. The molecule has 0 saturated carbocycles. The highest BCUT2D eigenvalue weighted by atomic mass is 35.5. The fourth-order valence-electron chi connectivity index (χ4n) is 4.32. The van der Waals surface area contributed by atoms with E-state index in [0.29, 0.717) is 11.8 Å². The van der Waals surface area contributed by atoms with Gasteiger partial charge in [-0.1, -0.05) is 17.7 Å². The van der Waals surface area contributed by atoms with Crippen LogP contribution in [0.1, 0.15) is 24.5 Å². The number of hydrogen-bond donors (Lipinski definition) is 1. The average Bonchev–Trinajstić information content (AvgIpc) is 2.73. The quantitative estimate of drug-likeness (QED) is 0.711. The number of anilines is 2. The smallest absolute Gasteiger partial charge is 0.150 e. The molecule has 0 bridgehead atoms. The number of nitrogens with zero attached hydrogens (tertiary/aromatic N) is 5. The highest BCUT2D eigenvalue weighted by molar-refractivity contribution is 6.35. The van der Waals surface area contributed by atoms with Crippen LogP contribution in [0, 0.1) is 5.92 Å². The molecule has 0 radical (unpaired) electrons. The number of fused-ring (bicyclic) bond motifs is 1. The van der Waals surface area contributed by atoms with Crippen LogP contribution in [0.3, 0.4) is 0 Å². The van der Waals surface area contributed by atoms with Gasteiger partial charge in [0.15, 0.2) is 5.82 Å². The first-order valence-corrected chi connectivity index (χ1v) is 10.6. The maximum absolute atomic E-state index is 9.39. The Labute approximate surface area is 175 Å². The minimum absolute atomic E-state index is 0.280. The molecule has 5 rings (SSSR count). The zero-order valence-electron chi connectivity index (χ0n) is 16.2. The molecule has 0 spiro atoms. The summed E-state index contributed by atoms with van der Waals surface area (Å²) in [7, 11) is 0. The summed E-state index contributed by atoms with van der Waals surface area (Å²) in [6.45, 7) is 3.92. The molecule has 7 heteroatoms. The second-order valence-electron chi connectivity index (χ2n) is 7.96. The Morgan fingerprint density at radius 1 is 1.00 bits per heavy atom. The van der Waals surface area contributed by atoms with Crippen molar-refractivity contribution < 1.29 is 5.11 Å². The molecule has 1 N–H and O–H groups in total. The lowest BCUT2D eigenvalue weighted by atomic mass is 9.93. The van der Waals surface area contributed by atoms with Crippen molar-refractivity contribution in [1.29, 1.82) is 0 Å². The number of pyridine rings is 1. The standard InChI is InChI=1S/C22H24ClN5O/c23-18-2-1-3-19-17(18)4-5-20(26-19)28-12-16(13-28)21-22(25-9-8-24-21)27-10-6-15(14-29)7-11-27/h1-5,8-9,15-16,29H,6-7,10-14H2. The van der Waals surface area contributed by atoms with Gasteiger partial charge < -0.3 is 14.9 Å². The normalized spacial score (nSPS) is 18.3. The van der Waals surface area contributed by atoms with Gasteiger partial charge in [-0.15, -0.1) is 0 Å². The molecular weight excluding hydrogens is 386 g/mol. The van der Waals surface area contributed by atoms with E-state index < -0.39 is 0 Å². The van der Waals surface area contributed by atoms with Crippen molar-refractivity contribution in [3.63, 3.8) is 0 Å². The van der Waals surface area contributed by atoms with Crippen molar-refractivity contribution >= 4 is 34.1 Å². The molecule has 0 atom stereocenters. The summed E-state index contributed by atoms with van der Waals surface area (Å²) in [5, 5.41) is 11.1. The number of rotatable bonds is 4. The number of hydrogen-bond acceptors (Lipinski definition) is 6. The summed E-state index contributed by atoms with van der Waals surface area (Å²) < 4.78 is 0.